The molecule has 1 aliphatic heterocycles. The quantitative estimate of drug-likeness (QED) is 0.448. The third-order valence-electron chi connectivity index (χ3n) is 6.28. The molecule has 2 unspecified atom stereocenters. The molecule has 1 aromatic heterocycles. The topological polar surface area (TPSA) is 144 Å². The van der Waals surface area contributed by atoms with E-state index < -0.39 is 11.2 Å². The highest BCUT2D eigenvalue weighted by Crippen LogP contribution is 2.44. The van der Waals surface area contributed by atoms with Crippen molar-refractivity contribution in [2.24, 2.45) is 5.92 Å². The molecule has 160 valence electrons. The van der Waals surface area contributed by atoms with E-state index in [0.717, 1.165) is 38.0 Å². The van der Waals surface area contributed by atoms with Crippen molar-refractivity contribution in [2.75, 3.05) is 43.7 Å². The van der Waals surface area contributed by atoms with E-state index in [1.807, 2.05) is 7.05 Å². The number of rotatable bonds is 6. The molecule has 30 heavy (non-hydrogen) atoms. The molecule has 2 aliphatic rings. The Morgan fingerprint density at radius 1 is 1.37 bits per heavy atom. The minimum atomic E-state index is -0.627. The molecule has 0 bridgehead atoms. The summed E-state index contributed by atoms with van der Waals surface area (Å²) in [6.07, 6.45) is 3.02. The molecule has 10 nitrogen and oxygen atoms in total. The summed E-state index contributed by atoms with van der Waals surface area (Å²) < 4.78 is 7.93. The van der Waals surface area contributed by atoms with E-state index in [9.17, 15) is 9.59 Å². The first-order valence-corrected chi connectivity index (χ1v) is 10.1. The number of anilines is 2. The third-order valence-corrected chi connectivity index (χ3v) is 6.28. The number of hydrogen-bond acceptors (Lipinski definition) is 8. The van der Waals surface area contributed by atoms with E-state index >= 15 is 0 Å². The van der Waals surface area contributed by atoms with E-state index in [2.05, 4.69) is 16.3 Å². The second-order valence-corrected chi connectivity index (χ2v) is 8.05. The molecule has 0 spiro atoms. The van der Waals surface area contributed by atoms with Crippen LogP contribution in [0.3, 0.4) is 0 Å². The van der Waals surface area contributed by atoms with E-state index in [-0.39, 0.29) is 23.2 Å². The van der Waals surface area contributed by atoms with Gasteiger partial charge in [-0.15, -0.1) is 0 Å². The van der Waals surface area contributed by atoms with Gasteiger partial charge in [0.15, 0.2) is 5.75 Å². The third kappa shape index (κ3) is 3.06. The Labute approximate surface area is 173 Å². The predicted molar refractivity (Wildman–Crippen MR) is 115 cm³/mol. The number of hydrogen-bond donors (Lipinski definition) is 3. The Bertz CT molecular complexity index is 1140. The van der Waals surface area contributed by atoms with Crippen LogP contribution in [-0.4, -0.2) is 42.5 Å². The molecule has 1 aromatic carbocycles. The highest BCUT2D eigenvalue weighted by Gasteiger charge is 2.34. The zero-order valence-electron chi connectivity index (χ0n) is 17.2. The van der Waals surface area contributed by atoms with Gasteiger partial charge in [-0.3, -0.25) is 9.36 Å². The van der Waals surface area contributed by atoms with Crippen molar-refractivity contribution in [2.45, 2.75) is 37.8 Å². The fourth-order valence-corrected chi connectivity index (χ4v) is 4.58. The van der Waals surface area contributed by atoms with Crippen LogP contribution in [0.4, 0.5) is 11.4 Å². The fraction of sp³-hybridized carbons (Fsp3) is 0.550. The van der Waals surface area contributed by atoms with Crippen LogP contribution in [0, 0.1) is 17.2 Å². The lowest BCUT2D eigenvalue weighted by atomic mass is 9.97. The number of nitriles is 1. The van der Waals surface area contributed by atoms with E-state index in [1.165, 1.54) is 7.11 Å². The average Bonchev–Trinajstić information content (AvgIpc) is 3.45. The molecule has 1 saturated heterocycles. The predicted octanol–water partition coefficient (Wildman–Crippen LogP) is 0.131. The fourth-order valence-electron chi connectivity index (χ4n) is 4.58. The molecule has 4 rings (SSSR count). The molecule has 0 radical (unpaired) electrons. The Hall–Kier alpha value is -3.19. The van der Waals surface area contributed by atoms with Crippen LogP contribution in [0.25, 0.3) is 10.9 Å². The first-order valence-electron chi connectivity index (χ1n) is 10.1. The van der Waals surface area contributed by atoms with Crippen molar-refractivity contribution < 1.29 is 4.74 Å². The minimum absolute atomic E-state index is 0.0189. The van der Waals surface area contributed by atoms with Crippen LogP contribution in [0.15, 0.2) is 15.7 Å². The number of nitrogens with one attached hydrogen (secondary N) is 1. The van der Waals surface area contributed by atoms with Crippen molar-refractivity contribution >= 4 is 22.3 Å². The zero-order chi connectivity index (χ0) is 21.6. The summed E-state index contributed by atoms with van der Waals surface area (Å²) in [5.41, 5.74) is 6.55. The Kier molecular flexibility index (Phi) is 5.07. The second-order valence-electron chi connectivity index (χ2n) is 8.05. The van der Waals surface area contributed by atoms with Crippen molar-refractivity contribution in [1.29, 1.82) is 5.26 Å². The molecule has 2 fully saturated rings. The van der Waals surface area contributed by atoms with E-state index in [0.29, 0.717) is 28.3 Å². The van der Waals surface area contributed by atoms with Gasteiger partial charge in [-0.25, -0.2) is 4.79 Å². The number of ether oxygens (including phenoxy) is 1. The summed E-state index contributed by atoms with van der Waals surface area (Å²) in [4.78, 5) is 27.7. The van der Waals surface area contributed by atoms with Gasteiger partial charge in [-0.1, -0.05) is 0 Å². The molecule has 5 N–H and O–H groups in total. The van der Waals surface area contributed by atoms with Crippen molar-refractivity contribution in [1.82, 2.24) is 14.6 Å². The number of methoxy groups -OCH3 is 1. The van der Waals surface area contributed by atoms with Crippen LogP contribution < -0.4 is 37.8 Å². The number of nitrogens with zero attached hydrogens (tertiary/aromatic N) is 4. The standard InChI is InChI=1S/C20H27N7O3/c1-24-14(5-7-21)11-6-8-25(10-11)15-9-13(22)16-17(18(15)30-2)26(12-3-4-12)20(29)27(23)19(16)28/h9,11-12,14,24H,3-6,8,10,22-23H2,1-2H3. The van der Waals surface area contributed by atoms with Gasteiger partial charge in [-0.2, -0.15) is 9.94 Å². The van der Waals surface area contributed by atoms with Gasteiger partial charge in [0.25, 0.3) is 5.56 Å². The maximum absolute atomic E-state index is 12.8. The van der Waals surface area contributed by atoms with Crippen LogP contribution >= 0.6 is 0 Å². The molecule has 0 amide bonds. The molecular formula is C20H27N7O3. The summed E-state index contributed by atoms with van der Waals surface area (Å²) >= 11 is 0. The number of nitrogens with two attached hydrogens (primary N) is 2. The highest BCUT2D eigenvalue weighted by atomic mass is 16.5. The van der Waals surface area contributed by atoms with Gasteiger partial charge < -0.3 is 26.5 Å². The number of nitrogen functional groups attached to an aromatic ring is 2. The lowest BCUT2D eigenvalue weighted by Gasteiger charge is -2.26. The largest absolute Gasteiger partial charge is 0.492 e. The normalized spacial score (nSPS) is 19.8. The highest BCUT2D eigenvalue weighted by molar-refractivity contribution is 5.99. The summed E-state index contributed by atoms with van der Waals surface area (Å²) in [5, 5.41) is 12.5. The zero-order valence-corrected chi connectivity index (χ0v) is 17.2. The van der Waals surface area contributed by atoms with Crippen molar-refractivity contribution in [3.8, 4) is 11.8 Å². The van der Waals surface area contributed by atoms with Gasteiger partial charge in [0.2, 0.25) is 0 Å². The number of benzene rings is 1. The van der Waals surface area contributed by atoms with Crippen molar-refractivity contribution in [3.05, 3.63) is 26.9 Å². The Morgan fingerprint density at radius 3 is 2.70 bits per heavy atom. The van der Waals surface area contributed by atoms with E-state index in [4.69, 9.17) is 21.6 Å². The van der Waals surface area contributed by atoms with Gasteiger partial charge >= 0.3 is 5.69 Å². The lowest BCUT2D eigenvalue weighted by molar-refractivity contribution is 0.404. The van der Waals surface area contributed by atoms with Crippen LogP contribution in [-0.2, 0) is 0 Å². The first-order chi connectivity index (χ1) is 14.4. The molecule has 10 heteroatoms. The maximum Gasteiger partial charge on any atom is 0.350 e. The second kappa shape index (κ2) is 7.57. The molecule has 2 aromatic rings. The Balaban J connectivity index is 1.88. The lowest BCUT2D eigenvalue weighted by Crippen LogP contribution is -2.44. The first kappa shape index (κ1) is 20.1. The SMILES string of the molecule is CNC(CC#N)C1CCN(c2cc(N)c3c(=O)n(N)c(=O)n(C4CC4)c3c2OC)C1. The van der Waals surface area contributed by atoms with Gasteiger partial charge in [0.1, 0.15) is 5.52 Å². The number of fused-ring (bicyclic) bond motifs is 1. The molecule has 1 aliphatic carbocycles. The van der Waals surface area contributed by atoms with Gasteiger partial charge in [0, 0.05) is 30.9 Å². The van der Waals surface area contributed by atoms with Crippen molar-refractivity contribution in [3.63, 3.8) is 0 Å². The molecular weight excluding hydrogens is 386 g/mol. The molecule has 2 atom stereocenters. The average molecular weight is 413 g/mol. The Morgan fingerprint density at radius 2 is 2.10 bits per heavy atom. The van der Waals surface area contributed by atoms with Crippen LogP contribution in [0.1, 0.15) is 31.7 Å². The monoisotopic (exact) mass is 413 g/mol. The maximum atomic E-state index is 12.8. The summed E-state index contributed by atoms with van der Waals surface area (Å²) in [7, 11) is 3.40. The summed E-state index contributed by atoms with van der Waals surface area (Å²) in [6, 6.07) is 4.04. The van der Waals surface area contributed by atoms with Gasteiger partial charge in [-0.05, 0) is 38.3 Å². The van der Waals surface area contributed by atoms with Crippen LogP contribution in [0.2, 0.25) is 0 Å². The summed E-state index contributed by atoms with van der Waals surface area (Å²) in [6.45, 7) is 1.48. The number of aromatic nitrogens is 2. The molecule has 1 saturated carbocycles. The van der Waals surface area contributed by atoms with E-state index in [1.54, 1.807) is 10.6 Å². The smallest absolute Gasteiger partial charge is 0.350 e. The minimum Gasteiger partial charge on any atom is -0.492 e. The van der Waals surface area contributed by atoms with Crippen LogP contribution in [0.5, 0.6) is 5.75 Å². The molecule has 2 heterocycles. The van der Waals surface area contributed by atoms with Gasteiger partial charge in [0.05, 0.1) is 30.7 Å². The summed E-state index contributed by atoms with van der Waals surface area (Å²) in [5.74, 6) is 6.51.